The van der Waals surface area contributed by atoms with Gasteiger partial charge in [0.1, 0.15) is 17.2 Å². The van der Waals surface area contributed by atoms with E-state index in [-0.39, 0.29) is 11.5 Å². The van der Waals surface area contributed by atoms with E-state index < -0.39 is 0 Å². The van der Waals surface area contributed by atoms with Crippen molar-refractivity contribution in [2.45, 2.75) is 17.9 Å². The molecule has 2 atom stereocenters. The van der Waals surface area contributed by atoms with Crippen LogP contribution in [0, 0.1) is 0 Å². The van der Waals surface area contributed by atoms with Crippen LogP contribution in [0.25, 0.3) is 0 Å². The molecule has 3 rings (SSSR count). The van der Waals surface area contributed by atoms with E-state index in [1.54, 1.807) is 11.3 Å². The summed E-state index contributed by atoms with van der Waals surface area (Å²) in [6.07, 6.45) is 0.915. The Morgan fingerprint density at radius 2 is 2.18 bits per heavy atom. The third-order valence-corrected chi connectivity index (χ3v) is 5.48. The first-order chi connectivity index (χ1) is 8.25. The number of ether oxygens (including phenoxy) is 1. The topological polar surface area (TPSA) is 9.23 Å². The lowest BCUT2D eigenvalue weighted by Gasteiger charge is -2.16. The number of hydrogen-bond donors (Lipinski definition) is 0. The van der Waals surface area contributed by atoms with Crippen LogP contribution >= 0.6 is 38.9 Å². The van der Waals surface area contributed by atoms with Crippen LogP contribution in [0.1, 0.15) is 15.8 Å². The first kappa shape index (κ1) is 11.6. The van der Waals surface area contributed by atoms with Crippen LogP contribution < -0.4 is 4.74 Å². The number of para-hydroxylation sites is 1. The molecular formula is C13H10BrClOS. The van der Waals surface area contributed by atoms with E-state index in [0.29, 0.717) is 0 Å². The number of benzene rings is 1. The Morgan fingerprint density at radius 3 is 2.88 bits per heavy atom. The fraction of sp³-hybridized carbons (Fsp3) is 0.231. The van der Waals surface area contributed by atoms with Gasteiger partial charge in [-0.3, -0.25) is 0 Å². The first-order valence-electron chi connectivity index (χ1n) is 5.37. The van der Waals surface area contributed by atoms with Crippen molar-refractivity contribution in [1.29, 1.82) is 0 Å². The SMILES string of the molecule is ClC(c1sccc1Br)C1Cc2ccccc2O1. The molecule has 1 aromatic heterocycles. The minimum atomic E-state index is -0.100. The van der Waals surface area contributed by atoms with Crippen LogP contribution in [0.15, 0.2) is 40.2 Å². The first-order valence-corrected chi connectivity index (χ1v) is 7.48. The zero-order valence-corrected chi connectivity index (χ0v) is 12.1. The lowest BCUT2D eigenvalue weighted by molar-refractivity contribution is 0.228. The van der Waals surface area contributed by atoms with Gasteiger partial charge in [-0.05, 0) is 39.0 Å². The Morgan fingerprint density at radius 1 is 1.35 bits per heavy atom. The molecule has 2 unspecified atom stereocenters. The highest BCUT2D eigenvalue weighted by molar-refractivity contribution is 9.10. The molecule has 2 aromatic rings. The molecule has 88 valence electrons. The average molecular weight is 330 g/mol. The van der Waals surface area contributed by atoms with Gasteiger partial charge in [-0.25, -0.2) is 0 Å². The smallest absolute Gasteiger partial charge is 0.124 e. The summed E-state index contributed by atoms with van der Waals surface area (Å²) in [7, 11) is 0. The fourth-order valence-corrected chi connectivity index (χ4v) is 4.23. The summed E-state index contributed by atoms with van der Waals surface area (Å²) >= 11 is 11.7. The molecular weight excluding hydrogens is 320 g/mol. The Hall–Kier alpha value is -0.510. The van der Waals surface area contributed by atoms with E-state index in [1.165, 1.54) is 5.56 Å². The molecule has 0 amide bonds. The largest absolute Gasteiger partial charge is 0.488 e. The normalized spacial score (nSPS) is 19.8. The second kappa shape index (κ2) is 4.63. The van der Waals surface area contributed by atoms with Gasteiger partial charge in [0.2, 0.25) is 0 Å². The summed E-state index contributed by atoms with van der Waals surface area (Å²) in [6.45, 7) is 0. The Balaban J connectivity index is 1.83. The number of hydrogen-bond acceptors (Lipinski definition) is 2. The van der Waals surface area contributed by atoms with Crippen LogP contribution in [-0.4, -0.2) is 6.10 Å². The molecule has 0 aliphatic carbocycles. The summed E-state index contributed by atoms with van der Waals surface area (Å²) in [5, 5.41) is 1.94. The van der Waals surface area contributed by atoms with Crippen molar-refractivity contribution in [2.24, 2.45) is 0 Å². The van der Waals surface area contributed by atoms with Crippen molar-refractivity contribution < 1.29 is 4.74 Å². The summed E-state index contributed by atoms with van der Waals surface area (Å²) in [6, 6.07) is 10.2. The molecule has 0 bridgehead atoms. The summed E-state index contributed by atoms with van der Waals surface area (Å²) in [4.78, 5) is 1.14. The van der Waals surface area contributed by atoms with E-state index in [1.807, 2.05) is 29.6 Å². The van der Waals surface area contributed by atoms with Crippen LogP contribution in [0.3, 0.4) is 0 Å². The van der Waals surface area contributed by atoms with E-state index >= 15 is 0 Å². The zero-order valence-electron chi connectivity index (χ0n) is 8.90. The maximum atomic E-state index is 6.50. The molecule has 0 spiro atoms. The Bertz CT molecular complexity index is 515. The summed E-state index contributed by atoms with van der Waals surface area (Å²) in [5.74, 6) is 0.968. The number of fused-ring (bicyclic) bond motifs is 1. The van der Waals surface area contributed by atoms with Crippen LogP contribution in [0.5, 0.6) is 5.75 Å². The number of halogens is 2. The predicted octanol–water partition coefficient (Wildman–Crippen LogP) is 4.79. The number of thiophene rings is 1. The fourth-order valence-electron chi connectivity index (χ4n) is 2.04. The van der Waals surface area contributed by atoms with E-state index in [4.69, 9.17) is 16.3 Å². The second-order valence-electron chi connectivity index (χ2n) is 4.00. The zero-order chi connectivity index (χ0) is 11.8. The van der Waals surface area contributed by atoms with Gasteiger partial charge in [-0.15, -0.1) is 22.9 Å². The third-order valence-electron chi connectivity index (χ3n) is 2.89. The molecule has 1 aromatic carbocycles. The van der Waals surface area contributed by atoms with Gasteiger partial charge in [0.15, 0.2) is 0 Å². The van der Waals surface area contributed by atoms with Crippen molar-refractivity contribution in [3.8, 4) is 5.75 Å². The minimum Gasteiger partial charge on any atom is -0.488 e. The highest BCUT2D eigenvalue weighted by Gasteiger charge is 2.31. The van der Waals surface area contributed by atoms with Crippen LogP contribution in [-0.2, 0) is 6.42 Å². The highest BCUT2D eigenvalue weighted by Crippen LogP contribution is 2.41. The van der Waals surface area contributed by atoms with Crippen LogP contribution in [0.2, 0.25) is 0 Å². The Labute approximate surface area is 118 Å². The van der Waals surface area contributed by atoms with Crippen molar-refractivity contribution >= 4 is 38.9 Å². The quantitative estimate of drug-likeness (QED) is 0.720. The molecule has 1 nitrogen and oxygen atoms in total. The summed E-state index contributed by atoms with van der Waals surface area (Å²) in [5.41, 5.74) is 1.25. The molecule has 0 saturated heterocycles. The molecule has 1 aliphatic rings. The Kier molecular flexibility index (Phi) is 3.16. The molecule has 1 aliphatic heterocycles. The van der Waals surface area contributed by atoms with Gasteiger partial charge in [0, 0.05) is 15.8 Å². The highest BCUT2D eigenvalue weighted by atomic mass is 79.9. The van der Waals surface area contributed by atoms with Crippen molar-refractivity contribution in [2.75, 3.05) is 0 Å². The minimum absolute atomic E-state index is 0.0315. The number of rotatable bonds is 2. The van der Waals surface area contributed by atoms with Gasteiger partial charge >= 0.3 is 0 Å². The number of alkyl halides is 1. The van der Waals surface area contributed by atoms with Gasteiger partial charge in [0.25, 0.3) is 0 Å². The molecule has 0 saturated carbocycles. The molecule has 0 radical (unpaired) electrons. The van der Waals surface area contributed by atoms with E-state index in [0.717, 1.165) is 21.5 Å². The molecule has 0 N–H and O–H groups in total. The van der Waals surface area contributed by atoms with Crippen molar-refractivity contribution in [3.05, 3.63) is 50.6 Å². The standard InChI is InChI=1S/C13H10BrClOS/c14-9-5-6-17-13(9)12(15)11-7-8-3-1-2-4-10(8)16-11/h1-6,11-12H,7H2. The monoisotopic (exact) mass is 328 g/mol. The van der Waals surface area contributed by atoms with Crippen LogP contribution in [0.4, 0.5) is 0 Å². The van der Waals surface area contributed by atoms with Gasteiger partial charge in [-0.1, -0.05) is 18.2 Å². The molecule has 17 heavy (non-hydrogen) atoms. The van der Waals surface area contributed by atoms with Gasteiger partial charge in [-0.2, -0.15) is 0 Å². The van der Waals surface area contributed by atoms with Gasteiger partial charge in [0.05, 0.1) is 0 Å². The summed E-state index contributed by atoms with van der Waals surface area (Å²) < 4.78 is 6.97. The molecule has 4 heteroatoms. The van der Waals surface area contributed by atoms with Crippen molar-refractivity contribution in [1.82, 2.24) is 0 Å². The van der Waals surface area contributed by atoms with Crippen molar-refractivity contribution in [3.63, 3.8) is 0 Å². The van der Waals surface area contributed by atoms with Gasteiger partial charge < -0.3 is 4.74 Å². The second-order valence-corrected chi connectivity index (χ2v) is 6.27. The molecule has 0 fully saturated rings. The third kappa shape index (κ3) is 2.12. The maximum absolute atomic E-state index is 6.50. The maximum Gasteiger partial charge on any atom is 0.124 e. The predicted molar refractivity (Wildman–Crippen MR) is 75.2 cm³/mol. The average Bonchev–Trinajstić information content (AvgIpc) is 2.93. The lowest BCUT2D eigenvalue weighted by atomic mass is 10.1. The van der Waals surface area contributed by atoms with E-state index in [9.17, 15) is 0 Å². The van der Waals surface area contributed by atoms with E-state index in [2.05, 4.69) is 22.0 Å². The lowest BCUT2D eigenvalue weighted by Crippen LogP contribution is -2.18. The molecule has 2 heterocycles.